The highest BCUT2D eigenvalue weighted by Crippen LogP contribution is 2.25. The zero-order valence-electron chi connectivity index (χ0n) is 19.2. The van der Waals surface area contributed by atoms with Crippen molar-refractivity contribution in [2.24, 2.45) is 11.7 Å². The summed E-state index contributed by atoms with van der Waals surface area (Å²) in [5.41, 5.74) is 9.07. The molecule has 1 aromatic heterocycles. The average molecular weight is 488 g/mol. The molecule has 3 atom stereocenters. The molecule has 0 aliphatic carbocycles. The number of rotatable bonds is 7. The molecule has 34 heavy (non-hydrogen) atoms. The second-order valence-corrected chi connectivity index (χ2v) is 9.02. The molecular formula is C25H31ClFN5O2. The first-order valence-corrected chi connectivity index (χ1v) is 11.3. The van der Waals surface area contributed by atoms with Crippen LogP contribution >= 0.6 is 12.4 Å². The van der Waals surface area contributed by atoms with Gasteiger partial charge in [-0.2, -0.15) is 0 Å². The minimum absolute atomic E-state index is 0. The van der Waals surface area contributed by atoms with Gasteiger partial charge < -0.3 is 26.7 Å². The van der Waals surface area contributed by atoms with E-state index in [0.29, 0.717) is 18.8 Å². The summed E-state index contributed by atoms with van der Waals surface area (Å²) in [7, 11) is 0. The van der Waals surface area contributed by atoms with E-state index in [2.05, 4.69) is 20.9 Å². The number of nitrogens with two attached hydrogens (primary N) is 1. The van der Waals surface area contributed by atoms with Gasteiger partial charge in [0.2, 0.25) is 5.91 Å². The molecule has 6 N–H and O–H groups in total. The summed E-state index contributed by atoms with van der Waals surface area (Å²) in [6, 6.07) is 13.5. The molecule has 4 rings (SSSR count). The van der Waals surface area contributed by atoms with Crippen molar-refractivity contribution in [3.8, 4) is 11.1 Å². The number of carbonyl (C=O) groups excluding carboxylic acids is 2. The molecule has 2 heterocycles. The maximum atomic E-state index is 13.2. The molecule has 3 aromatic rings. The van der Waals surface area contributed by atoms with Crippen LogP contribution in [0.25, 0.3) is 22.0 Å². The lowest BCUT2D eigenvalue weighted by Crippen LogP contribution is -2.48. The fourth-order valence-electron chi connectivity index (χ4n) is 4.07. The molecule has 0 radical (unpaired) electrons. The van der Waals surface area contributed by atoms with Crippen molar-refractivity contribution in [1.29, 1.82) is 0 Å². The fraction of sp³-hybridized carbons (Fsp3) is 0.360. The van der Waals surface area contributed by atoms with E-state index in [-0.39, 0.29) is 48.0 Å². The molecule has 2 amide bonds. The van der Waals surface area contributed by atoms with Crippen LogP contribution in [0, 0.1) is 11.7 Å². The normalized spacial score (nSPS) is 18.5. The highest BCUT2D eigenvalue weighted by molar-refractivity contribution is 5.98. The Hall–Kier alpha value is -2.94. The molecule has 1 aliphatic rings. The second kappa shape index (κ2) is 11.0. The zero-order valence-corrected chi connectivity index (χ0v) is 20.0. The number of nitrogens with one attached hydrogen (secondary N) is 4. The Bertz CT molecular complexity index is 1150. The van der Waals surface area contributed by atoms with Gasteiger partial charge in [0, 0.05) is 36.1 Å². The number of halogens is 2. The SMILES string of the molecule is CC(C)C(N)C(=O)N[C@@H]1CN[C@H](CNC(=O)c2cc3ccc(-c4ccc(F)cc4)cc3[nH]2)C1.Cl. The van der Waals surface area contributed by atoms with Crippen LogP contribution in [0.15, 0.2) is 48.5 Å². The lowest BCUT2D eigenvalue weighted by atomic mass is 10.0. The van der Waals surface area contributed by atoms with E-state index in [1.807, 2.05) is 38.1 Å². The van der Waals surface area contributed by atoms with Crippen LogP contribution in [0.5, 0.6) is 0 Å². The predicted molar refractivity (Wildman–Crippen MR) is 134 cm³/mol. The number of amides is 2. The van der Waals surface area contributed by atoms with Gasteiger partial charge in [0.25, 0.3) is 5.91 Å². The Morgan fingerprint density at radius 3 is 2.53 bits per heavy atom. The van der Waals surface area contributed by atoms with Crippen LogP contribution < -0.4 is 21.7 Å². The first-order chi connectivity index (χ1) is 15.8. The van der Waals surface area contributed by atoms with Crippen LogP contribution in [0.4, 0.5) is 4.39 Å². The molecule has 0 spiro atoms. The van der Waals surface area contributed by atoms with Gasteiger partial charge in [-0.3, -0.25) is 9.59 Å². The quantitative estimate of drug-likeness (QED) is 0.352. The van der Waals surface area contributed by atoms with Crippen LogP contribution in [0.2, 0.25) is 0 Å². The van der Waals surface area contributed by atoms with Gasteiger partial charge in [0.05, 0.1) is 6.04 Å². The minimum atomic E-state index is -0.519. The number of fused-ring (bicyclic) bond motifs is 1. The number of hydrogen-bond acceptors (Lipinski definition) is 4. The molecule has 7 nitrogen and oxygen atoms in total. The summed E-state index contributed by atoms with van der Waals surface area (Å²) in [6.45, 7) is 4.94. The van der Waals surface area contributed by atoms with Crippen molar-refractivity contribution < 1.29 is 14.0 Å². The van der Waals surface area contributed by atoms with Crippen LogP contribution in [-0.2, 0) is 4.79 Å². The molecular weight excluding hydrogens is 457 g/mol. The van der Waals surface area contributed by atoms with Crippen molar-refractivity contribution >= 4 is 35.1 Å². The average Bonchev–Trinajstić information content (AvgIpc) is 3.43. The van der Waals surface area contributed by atoms with E-state index in [1.54, 1.807) is 12.1 Å². The smallest absolute Gasteiger partial charge is 0.267 e. The highest BCUT2D eigenvalue weighted by atomic mass is 35.5. The van der Waals surface area contributed by atoms with E-state index in [9.17, 15) is 14.0 Å². The van der Waals surface area contributed by atoms with Gasteiger partial charge in [-0.1, -0.05) is 38.1 Å². The maximum Gasteiger partial charge on any atom is 0.267 e. The monoisotopic (exact) mass is 487 g/mol. The van der Waals surface area contributed by atoms with E-state index < -0.39 is 6.04 Å². The Labute approximate surface area is 204 Å². The minimum Gasteiger partial charge on any atom is -0.351 e. The van der Waals surface area contributed by atoms with Crippen LogP contribution in [0.3, 0.4) is 0 Å². The largest absolute Gasteiger partial charge is 0.351 e. The lowest BCUT2D eigenvalue weighted by molar-refractivity contribution is -0.123. The Kier molecular flexibility index (Phi) is 8.30. The lowest BCUT2D eigenvalue weighted by Gasteiger charge is -2.18. The van der Waals surface area contributed by atoms with Crippen molar-refractivity contribution in [2.45, 2.75) is 38.4 Å². The van der Waals surface area contributed by atoms with E-state index in [4.69, 9.17) is 5.73 Å². The van der Waals surface area contributed by atoms with Gasteiger partial charge in [0.1, 0.15) is 11.5 Å². The molecule has 2 aromatic carbocycles. The van der Waals surface area contributed by atoms with E-state index in [0.717, 1.165) is 28.5 Å². The Morgan fingerprint density at radius 1 is 1.12 bits per heavy atom. The molecule has 9 heteroatoms. The molecule has 1 aliphatic heterocycles. The summed E-state index contributed by atoms with van der Waals surface area (Å²) < 4.78 is 13.2. The summed E-state index contributed by atoms with van der Waals surface area (Å²) in [6.07, 6.45) is 0.727. The molecule has 1 saturated heterocycles. The maximum absolute atomic E-state index is 13.2. The third-order valence-electron chi connectivity index (χ3n) is 6.14. The number of H-pyrrole nitrogens is 1. The van der Waals surface area contributed by atoms with E-state index >= 15 is 0 Å². The first-order valence-electron chi connectivity index (χ1n) is 11.3. The highest BCUT2D eigenvalue weighted by Gasteiger charge is 2.28. The summed E-state index contributed by atoms with van der Waals surface area (Å²) in [5.74, 6) is -0.522. The standard InChI is InChI=1S/C25H30FN5O2.ClH/c1-14(2)23(27)25(33)30-20-11-19(28-13-20)12-29-24(32)22-10-17-4-3-16(9-21(17)31-22)15-5-7-18(26)8-6-15;/h3-10,14,19-20,23,28,31H,11-13,27H2,1-2H3,(H,29,32)(H,30,33);1H/t19-,20-,23?;/m0./s1. The Morgan fingerprint density at radius 2 is 1.82 bits per heavy atom. The molecule has 182 valence electrons. The molecule has 0 saturated carbocycles. The van der Waals surface area contributed by atoms with Gasteiger partial charge in [-0.05, 0) is 47.7 Å². The number of carbonyl (C=O) groups is 2. The van der Waals surface area contributed by atoms with Crippen molar-refractivity contribution in [3.05, 3.63) is 60.0 Å². The van der Waals surface area contributed by atoms with Gasteiger partial charge in [-0.15, -0.1) is 12.4 Å². The van der Waals surface area contributed by atoms with Gasteiger partial charge in [0.15, 0.2) is 0 Å². The third kappa shape index (κ3) is 5.94. The molecule has 1 unspecified atom stereocenters. The second-order valence-electron chi connectivity index (χ2n) is 9.02. The van der Waals surface area contributed by atoms with Crippen LogP contribution in [-0.4, -0.2) is 48.0 Å². The van der Waals surface area contributed by atoms with Crippen LogP contribution in [0.1, 0.15) is 30.8 Å². The Balaban J connectivity index is 0.00000324. The number of aromatic amines is 1. The van der Waals surface area contributed by atoms with E-state index in [1.165, 1.54) is 12.1 Å². The summed E-state index contributed by atoms with van der Waals surface area (Å²) in [4.78, 5) is 28.0. The van der Waals surface area contributed by atoms with Gasteiger partial charge >= 0.3 is 0 Å². The van der Waals surface area contributed by atoms with Gasteiger partial charge in [-0.25, -0.2) is 4.39 Å². The summed E-state index contributed by atoms with van der Waals surface area (Å²) in [5, 5.41) is 10.2. The summed E-state index contributed by atoms with van der Waals surface area (Å²) >= 11 is 0. The van der Waals surface area contributed by atoms with Crippen molar-refractivity contribution in [1.82, 2.24) is 20.9 Å². The third-order valence-corrected chi connectivity index (χ3v) is 6.14. The number of aromatic nitrogens is 1. The van der Waals surface area contributed by atoms with Crippen molar-refractivity contribution in [3.63, 3.8) is 0 Å². The predicted octanol–water partition coefficient (Wildman–Crippen LogP) is 2.96. The molecule has 1 fully saturated rings. The van der Waals surface area contributed by atoms with Crippen molar-refractivity contribution in [2.75, 3.05) is 13.1 Å². The fourth-order valence-corrected chi connectivity index (χ4v) is 4.07. The number of hydrogen-bond donors (Lipinski definition) is 5. The number of benzene rings is 2. The topological polar surface area (TPSA) is 112 Å². The molecule has 0 bridgehead atoms. The first kappa shape index (κ1) is 25.7. The zero-order chi connectivity index (χ0) is 23.5.